The summed E-state index contributed by atoms with van der Waals surface area (Å²) in [7, 11) is 0. The van der Waals surface area contributed by atoms with Crippen molar-refractivity contribution < 1.29 is 0 Å². The summed E-state index contributed by atoms with van der Waals surface area (Å²) in [5.41, 5.74) is 0. The van der Waals surface area contributed by atoms with Gasteiger partial charge in [0.15, 0.2) is 0 Å². The second-order valence-corrected chi connectivity index (χ2v) is 6.12. The Bertz CT molecular complexity index is 380. The van der Waals surface area contributed by atoms with E-state index < -0.39 is 0 Å². The van der Waals surface area contributed by atoms with Crippen LogP contribution in [-0.4, -0.2) is 17.5 Å². The van der Waals surface area contributed by atoms with Crippen LogP contribution in [0.25, 0.3) is 0 Å². The minimum absolute atomic E-state index is 0.229. The van der Waals surface area contributed by atoms with Crippen LogP contribution in [0.1, 0.15) is 43.9 Å². The first kappa shape index (κ1) is 13.6. The predicted octanol–water partition coefficient (Wildman–Crippen LogP) is 4.04. The van der Waals surface area contributed by atoms with Crippen molar-refractivity contribution in [3.63, 3.8) is 0 Å². The van der Waals surface area contributed by atoms with Gasteiger partial charge in [-0.3, -0.25) is 4.90 Å². The SMILES string of the molecule is CCN(Cc1cccs1)C1CCCCCC1C#N. The van der Waals surface area contributed by atoms with E-state index >= 15 is 0 Å². The van der Waals surface area contributed by atoms with Crippen LogP contribution in [0.3, 0.4) is 0 Å². The van der Waals surface area contributed by atoms with Gasteiger partial charge in [0.05, 0.1) is 12.0 Å². The van der Waals surface area contributed by atoms with Crippen LogP contribution in [0.15, 0.2) is 17.5 Å². The van der Waals surface area contributed by atoms with Gasteiger partial charge in [-0.25, -0.2) is 0 Å². The van der Waals surface area contributed by atoms with E-state index in [1.165, 1.54) is 30.6 Å². The van der Waals surface area contributed by atoms with Gasteiger partial charge in [0.25, 0.3) is 0 Å². The zero-order valence-corrected chi connectivity index (χ0v) is 12.0. The van der Waals surface area contributed by atoms with Crippen molar-refractivity contribution in [1.82, 2.24) is 4.90 Å². The highest BCUT2D eigenvalue weighted by Crippen LogP contribution is 2.28. The van der Waals surface area contributed by atoms with Crippen LogP contribution in [0.4, 0.5) is 0 Å². The van der Waals surface area contributed by atoms with Gasteiger partial charge < -0.3 is 0 Å². The van der Waals surface area contributed by atoms with Crippen LogP contribution in [0, 0.1) is 17.2 Å². The summed E-state index contributed by atoms with van der Waals surface area (Å²) >= 11 is 1.82. The molecule has 0 saturated heterocycles. The van der Waals surface area contributed by atoms with Crippen LogP contribution in [-0.2, 0) is 6.54 Å². The summed E-state index contributed by atoms with van der Waals surface area (Å²) in [6, 6.07) is 7.33. The van der Waals surface area contributed by atoms with Crippen molar-refractivity contribution in [2.24, 2.45) is 5.92 Å². The van der Waals surface area contributed by atoms with Crippen molar-refractivity contribution in [2.45, 2.75) is 51.6 Å². The Morgan fingerprint density at radius 1 is 1.39 bits per heavy atom. The molecular weight excluding hydrogens is 240 g/mol. The maximum Gasteiger partial charge on any atom is 0.0672 e. The van der Waals surface area contributed by atoms with E-state index in [1.807, 2.05) is 11.3 Å². The molecule has 2 atom stereocenters. The second kappa shape index (κ2) is 6.92. The molecule has 1 fully saturated rings. The third-order valence-corrected chi connectivity index (χ3v) is 4.82. The Balaban J connectivity index is 2.06. The van der Waals surface area contributed by atoms with E-state index in [4.69, 9.17) is 0 Å². The van der Waals surface area contributed by atoms with E-state index in [0.29, 0.717) is 6.04 Å². The first-order valence-corrected chi connectivity index (χ1v) is 7.89. The average Bonchev–Trinajstić information content (AvgIpc) is 2.79. The van der Waals surface area contributed by atoms with Crippen molar-refractivity contribution in [3.05, 3.63) is 22.4 Å². The standard InChI is InChI=1S/C15H22N2S/c1-2-17(12-14-8-6-10-18-14)15-9-5-3-4-7-13(15)11-16/h6,8,10,13,15H,2-5,7,9,12H2,1H3. The third-order valence-electron chi connectivity index (χ3n) is 3.96. The van der Waals surface area contributed by atoms with Gasteiger partial charge >= 0.3 is 0 Å². The molecule has 1 aromatic heterocycles. The lowest BCUT2D eigenvalue weighted by molar-refractivity contribution is 0.155. The summed E-state index contributed by atoms with van der Waals surface area (Å²) in [5.74, 6) is 0.229. The maximum absolute atomic E-state index is 9.38. The molecular formula is C15H22N2S. The van der Waals surface area contributed by atoms with Crippen LogP contribution in [0.2, 0.25) is 0 Å². The van der Waals surface area contributed by atoms with Gasteiger partial charge in [0, 0.05) is 17.5 Å². The smallest absolute Gasteiger partial charge is 0.0672 e. The zero-order valence-electron chi connectivity index (χ0n) is 11.1. The fraction of sp³-hybridized carbons (Fsp3) is 0.667. The number of hydrogen-bond acceptors (Lipinski definition) is 3. The minimum atomic E-state index is 0.229. The molecule has 1 aliphatic carbocycles. The highest BCUT2D eigenvalue weighted by molar-refractivity contribution is 7.09. The lowest BCUT2D eigenvalue weighted by Crippen LogP contribution is -2.39. The highest BCUT2D eigenvalue weighted by atomic mass is 32.1. The first-order valence-electron chi connectivity index (χ1n) is 7.01. The molecule has 0 aromatic carbocycles. The largest absolute Gasteiger partial charge is 0.294 e. The Morgan fingerprint density at radius 2 is 2.22 bits per heavy atom. The van der Waals surface area contributed by atoms with Gasteiger partial charge in [-0.1, -0.05) is 32.3 Å². The molecule has 1 aliphatic rings. The van der Waals surface area contributed by atoms with E-state index in [1.54, 1.807) is 0 Å². The number of rotatable bonds is 4. The second-order valence-electron chi connectivity index (χ2n) is 5.08. The molecule has 1 aromatic rings. The molecule has 2 rings (SSSR count). The van der Waals surface area contributed by atoms with E-state index in [9.17, 15) is 5.26 Å². The molecule has 1 heterocycles. The quantitative estimate of drug-likeness (QED) is 0.766. The Labute approximate surface area is 114 Å². The van der Waals surface area contributed by atoms with Crippen molar-refractivity contribution >= 4 is 11.3 Å². The molecule has 18 heavy (non-hydrogen) atoms. The monoisotopic (exact) mass is 262 g/mol. The van der Waals surface area contributed by atoms with E-state index in [0.717, 1.165) is 19.5 Å². The van der Waals surface area contributed by atoms with Crippen molar-refractivity contribution in [1.29, 1.82) is 5.26 Å². The Kier molecular flexibility index (Phi) is 5.22. The van der Waals surface area contributed by atoms with Crippen LogP contribution >= 0.6 is 11.3 Å². The van der Waals surface area contributed by atoms with E-state index in [-0.39, 0.29) is 5.92 Å². The molecule has 0 bridgehead atoms. The Hall–Kier alpha value is -0.850. The zero-order chi connectivity index (χ0) is 12.8. The van der Waals surface area contributed by atoms with Crippen molar-refractivity contribution in [3.8, 4) is 6.07 Å². The molecule has 0 amide bonds. The number of hydrogen-bond donors (Lipinski definition) is 0. The number of thiophene rings is 1. The van der Waals surface area contributed by atoms with Gasteiger partial charge in [0.2, 0.25) is 0 Å². The molecule has 98 valence electrons. The summed E-state index contributed by atoms with van der Waals surface area (Å²) in [5, 5.41) is 11.5. The topological polar surface area (TPSA) is 27.0 Å². The minimum Gasteiger partial charge on any atom is -0.294 e. The van der Waals surface area contributed by atoms with Crippen LogP contribution < -0.4 is 0 Å². The fourth-order valence-electron chi connectivity index (χ4n) is 2.94. The lowest BCUT2D eigenvalue weighted by Gasteiger charge is -2.32. The number of nitriles is 1. The average molecular weight is 262 g/mol. The summed E-state index contributed by atoms with van der Waals surface area (Å²) < 4.78 is 0. The van der Waals surface area contributed by atoms with Gasteiger partial charge in [-0.2, -0.15) is 5.26 Å². The molecule has 3 heteroatoms. The molecule has 2 unspecified atom stereocenters. The molecule has 0 aliphatic heterocycles. The highest BCUT2D eigenvalue weighted by Gasteiger charge is 2.28. The molecule has 1 saturated carbocycles. The molecule has 0 spiro atoms. The third kappa shape index (κ3) is 3.34. The van der Waals surface area contributed by atoms with Gasteiger partial charge in [-0.15, -0.1) is 11.3 Å². The van der Waals surface area contributed by atoms with Crippen molar-refractivity contribution in [2.75, 3.05) is 6.54 Å². The summed E-state index contributed by atoms with van der Waals surface area (Å²) in [6.45, 7) is 4.27. The fourth-order valence-corrected chi connectivity index (χ4v) is 3.67. The van der Waals surface area contributed by atoms with Gasteiger partial charge in [-0.05, 0) is 30.8 Å². The molecule has 2 nitrogen and oxygen atoms in total. The summed E-state index contributed by atoms with van der Waals surface area (Å²) in [4.78, 5) is 3.92. The molecule has 0 N–H and O–H groups in total. The normalized spacial score (nSPS) is 24.7. The Morgan fingerprint density at radius 3 is 2.89 bits per heavy atom. The predicted molar refractivity (Wildman–Crippen MR) is 76.4 cm³/mol. The summed E-state index contributed by atoms with van der Waals surface area (Å²) in [6.07, 6.45) is 6.08. The van der Waals surface area contributed by atoms with Crippen LogP contribution in [0.5, 0.6) is 0 Å². The number of nitrogens with zero attached hydrogens (tertiary/aromatic N) is 2. The first-order chi connectivity index (χ1) is 8.85. The van der Waals surface area contributed by atoms with Gasteiger partial charge in [0.1, 0.15) is 0 Å². The molecule has 0 radical (unpaired) electrons. The van der Waals surface area contributed by atoms with E-state index in [2.05, 4.69) is 35.4 Å². The lowest BCUT2D eigenvalue weighted by atomic mass is 9.94. The maximum atomic E-state index is 9.38.